The Morgan fingerprint density at radius 2 is 1.43 bits per heavy atom. The first-order valence-electron chi connectivity index (χ1n) is 13.4. The van der Waals surface area contributed by atoms with E-state index in [9.17, 15) is 14.4 Å². The van der Waals surface area contributed by atoms with E-state index in [0.29, 0.717) is 22.6 Å². The van der Waals surface area contributed by atoms with Crippen LogP contribution in [0, 0.1) is 13.8 Å². The maximum Gasteiger partial charge on any atom is 0.272 e. The third kappa shape index (κ3) is 8.11. The average Bonchev–Trinajstić information content (AvgIpc) is 3.00. The Labute approximate surface area is 250 Å². The van der Waals surface area contributed by atoms with Crippen molar-refractivity contribution in [2.45, 2.75) is 30.9 Å². The number of nitrogens with one attached hydrogen (secondary N) is 3. The number of carbonyl (C=O) groups is 3. The number of thioether (sulfide) groups is 1. The van der Waals surface area contributed by atoms with Crippen molar-refractivity contribution in [3.8, 4) is 5.75 Å². The quantitative estimate of drug-likeness (QED) is 0.141. The number of methoxy groups -OCH3 is 1. The average molecular weight is 580 g/mol. The zero-order valence-electron chi connectivity index (χ0n) is 23.9. The molecule has 4 aromatic rings. The Morgan fingerprint density at radius 1 is 0.786 bits per heavy atom. The molecule has 0 radical (unpaired) electrons. The van der Waals surface area contributed by atoms with E-state index in [1.54, 1.807) is 73.8 Å². The molecule has 4 rings (SSSR count). The molecule has 1 unspecified atom stereocenters. The highest BCUT2D eigenvalue weighted by Gasteiger charge is 2.18. The number of benzene rings is 4. The molecule has 0 aliphatic rings. The van der Waals surface area contributed by atoms with Gasteiger partial charge in [-0.25, -0.2) is 0 Å². The maximum absolute atomic E-state index is 13.3. The lowest BCUT2D eigenvalue weighted by Crippen LogP contribution is -2.30. The minimum absolute atomic E-state index is 0.0859. The van der Waals surface area contributed by atoms with Crippen LogP contribution >= 0.6 is 11.8 Å². The highest BCUT2D eigenvalue weighted by atomic mass is 32.2. The second-order valence-corrected chi connectivity index (χ2v) is 11.1. The Bertz CT molecular complexity index is 1560. The zero-order valence-corrected chi connectivity index (χ0v) is 24.8. The predicted molar refractivity (Wildman–Crippen MR) is 170 cm³/mol. The minimum atomic E-state index is -0.475. The van der Waals surface area contributed by atoms with E-state index in [1.165, 1.54) is 11.8 Å². The van der Waals surface area contributed by atoms with Gasteiger partial charge in [0.25, 0.3) is 11.8 Å². The summed E-state index contributed by atoms with van der Waals surface area (Å²) in [6, 6.07) is 29.0. The molecule has 0 fully saturated rings. The van der Waals surface area contributed by atoms with Gasteiger partial charge in [-0.3, -0.25) is 14.4 Å². The molecule has 0 spiro atoms. The molecule has 0 bridgehead atoms. The molecule has 0 heterocycles. The lowest BCUT2D eigenvalue weighted by atomic mass is 10.1. The van der Waals surface area contributed by atoms with Crippen molar-refractivity contribution in [1.29, 1.82) is 0 Å². The molecule has 3 N–H and O–H groups in total. The molecule has 0 aliphatic heterocycles. The summed E-state index contributed by atoms with van der Waals surface area (Å²) in [6.45, 7) is 5.80. The Hall–Kier alpha value is -4.82. The van der Waals surface area contributed by atoms with Gasteiger partial charge in [-0.15, -0.1) is 11.8 Å². The van der Waals surface area contributed by atoms with Gasteiger partial charge >= 0.3 is 0 Å². The van der Waals surface area contributed by atoms with Gasteiger partial charge in [0.2, 0.25) is 5.91 Å². The van der Waals surface area contributed by atoms with Gasteiger partial charge < -0.3 is 20.7 Å². The molecule has 4 aromatic carbocycles. The summed E-state index contributed by atoms with van der Waals surface area (Å²) in [4.78, 5) is 39.9. The van der Waals surface area contributed by atoms with Gasteiger partial charge in [0.15, 0.2) is 0 Å². The minimum Gasteiger partial charge on any atom is -0.497 e. The van der Waals surface area contributed by atoms with Crippen molar-refractivity contribution < 1.29 is 19.1 Å². The summed E-state index contributed by atoms with van der Waals surface area (Å²) in [6.07, 6.45) is 1.61. The summed E-state index contributed by atoms with van der Waals surface area (Å²) in [7, 11) is 1.58. The summed E-state index contributed by atoms with van der Waals surface area (Å²) >= 11 is 1.42. The molecule has 214 valence electrons. The standard InChI is InChI=1S/C34H33N3O4S/c1-22-9-8-10-23(2)31(22)37-32(38)24(3)42-29-19-15-27(16-20-29)35-34(40)30(21-25-13-17-28(41-4)18-14-25)36-33(39)26-11-6-5-7-12-26/h5-21,24H,1-4H3,(H,35,40)(H,36,39)(H,37,38)/b30-21-. The monoisotopic (exact) mass is 579 g/mol. The van der Waals surface area contributed by atoms with Crippen molar-refractivity contribution in [3.63, 3.8) is 0 Å². The maximum atomic E-state index is 13.3. The number of hydrogen-bond donors (Lipinski definition) is 3. The fourth-order valence-corrected chi connectivity index (χ4v) is 4.99. The Kier molecular flexibility index (Phi) is 10.2. The largest absolute Gasteiger partial charge is 0.497 e. The second kappa shape index (κ2) is 14.2. The van der Waals surface area contributed by atoms with E-state index in [4.69, 9.17) is 4.74 Å². The Morgan fingerprint density at radius 3 is 2.05 bits per heavy atom. The summed E-state index contributed by atoms with van der Waals surface area (Å²) in [5.41, 5.74) is 4.65. The number of ether oxygens (including phenoxy) is 1. The number of amides is 3. The zero-order chi connectivity index (χ0) is 30.1. The molecule has 7 nitrogen and oxygen atoms in total. The summed E-state index contributed by atoms with van der Waals surface area (Å²) in [5, 5.41) is 8.29. The van der Waals surface area contributed by atoms with E-state index in [1.807, 2.05) is 57.2 Å². The van der Waals surface area contributed by atoms with E-state index >= 15 is 0 Å². The molecule has 8 heteroatoms. The molecule has 0 saturated carbocycles. The van der Waals surface area contributed by atoms with Crippen molar-refractivity contribution in [2.75, 3.05) is 17.7 Å². The number of carbonyl (C=O) groups excluding carboxylic acids is 3. The molecule has 0 aliphatic carbocycles. The molecular weight excluding hydrogens is 546 g/mol. The van der Waals surface area contributed by atoms with Gasteiger partial charge in [0.05, 0.1) is 12.4 Å². The van der Waals surface area contributed by atoms with Crippen LogP contribution in [0.5, 0.6) is 5.75 Å². The van der Waals surface area contributed by atoms with Crippen LogP contribution in [-0.4, -0.2) is 30.1 Å². The molecule has 42 heavy (non-hydrogen) atoms. The normalized spacial score (nSPS) is 11.8. The van der Waals surface area contributed by atoms with E-state index in [2.05, 4.69) is 16.0 Å². The van der Waals surface area contributed by atoms with Gasteiger partial charge in [0, 0.05) is 21.8 Å². The van der Waals surface area contributed by atoms with Gasteiger partial charge in [-0.05, 0) is 92.1 Å². The SMILES string of the molecule is COc1ccc(/C=C(\NC(=O)c2ccccc2)C(=O)Nc2ccc(SC(C)C(=O)Nc3c(C)cccc3C)cc2)cc1. The van der Waals surface area contributed by atoms with Crippen molar-refractivity contribution >= 4 is 46.9 Å². The first-order valence-corrected chi connectivity index (χ1v) is 14.3. The summed E-state index contributed by atoms with van der Waals surface area (Å²) < 4.78 is 5.21. The predicted octanol–water partition coefficient (Wildman–Crippen LogP) is 6.84. The van der Waals surface area contributed by atoms with E-state index in [-0.39, 0.29) is 16.9 Å². The fourth-order valence-electron chi connectivity index (χ4n) is 4.12. The molecule has 3 amide bonds. The lowest BCUT2D eigenvalue weighted by molar-refractivity contribution is -0.115. The molecule has 0 aromatic heterocycles. The van der Waals surface area contributed by atoms with Crippen LogP contribution in [0.3, 0.4) is 0 Å². The van der Waals surface area contributed by atoms with Crippen LogP contribution in [0.25, 0.3) is 6.08 Å². The highest BCUT2D eigenvalue weighted by molar-refractivity contribution is 8.00. The Balaban J connectivity index is 1.44. The third-order valence-corrected chi connectivity index (χ3v) is 7.59. The molecule has 1 atom stereocenters. The lowest BCUT2D eigenvalue weighted by Gasteiger charge is -2.16. The second-order valence-electron chi connectivity index (χ2n) is 9.65. The van der Waals surface area contributed by atoms with Crippen molar-refractivity contribution in [3.05, 3.63) is 125 Å². The smallest absolute Gasteiger partial charge is 0.272 e. The van der Waals surface area contributed by atoms with Crippen LogP contribution in [0.2, 0.25) is 0 Å². The van der Waals surface area contributed by atoms with Gasteiger partial charge in [-0.2, -0.15) is 0 Å². The molecule has 0 saturated heterocycles. The first-order chi connectivity index (χ1) is 20.2. The molecular formula is C34H33N3O4S. The fraction of sp³-hybridized carbons (Fsp3) is 0.147. The van der Waals surface area contributed by atoms with Crippen LogP contribution < -0.4 is 20.7 Å². The van der Waals surface area contributed by atoms with Crippen LogP contribution in [0.1, 0.15) is 34.0 Å². The van der Waals surface area contributed by atoms with Crippen LogP contribution in [0.15, 0.2) is 108 Å². The van der Waals surface area contributed by atoms with Crippen LogP contribution in [-0.2, 0) is 9.59 Å². The van der Waals surface area contributed by atoms with E-state index < -0.39 is 11.8 Å². The number of para-hydroxylation sites is 1. The number of anilines is 2. The van der Waals surface area contributed by atoms with Crippen LogP contribution in [0.4, 0.5) is 11.4 Å². The third-order valence-electron chi connectivity index (χ3n) is 6.48. The summed E-state index contributed by atoms with van der Waals surface area (Å²) in [5.74, 6) is -0.277. The number of hydrogen-bond acceptors (Lipinski definition) is 5. The van der Waals surface area contributed by atoms with Gasteiger partial charge in [0.1, 0.15) is 11.4 Å². The van der Waals surface area contributed by atoms with Crippen molar-refractivity contribution in [2.24, 2.45) is 0 Å². The van der Waals surface area contributed by atoms with E-state index in [0.717, 1.165) is 21.7 Å². The highest BCUT2D eigenvalue weighted by Crippen LogP contribution is 2.27. The topological polar surface area (TPSA) is 96.5 Å². The van der Waals surface area contributed by atoms with Gasteiger partial charge in [-0.1, -0.05) is 48.5 Å². The van der Waals surface area contributed by atoms with Crippen molar-refractivity contribution in [1.82, 2.24) is 5.32 Å². The first kappa shape index (κ1) is 30.1. The number of aryl methyl sites for hydroxylation is 2. The number of rotatable bonds is 10.